The van der Waals surface area contributed by atoms with Crippen molar-refractivity contribution in [3.8, 4) is 0 Å². The van der Waals surface area contributed by atoms with Gasteiger partial charge >= 0.3 is 0 Å². The van der Waals surface area contributed by atoms with E-state index in [9.17, 15) is 0 Å². The van der Waals surface area contributed by atoms with E-state index >= 15 is 0 Å². The number of rotatable bonds is 3. The van der Waals surface area contributed by atoms with E-state index in [2.05, 4.69) is 10.3 Å². The first-order valence-electron chi connectivity index (χ1n) is 3.68. The molecular formula is C8H13N3. The lowest BCUT2D eigenvalue weighted by molar-refractivity contribution is 0.780. The summed E-state index contributed by atoms with van der Waals surface area (Å²) in [7, 11) is 0. The lowest BCUT2D eigenvalue weighted by atomic mass is 10.3. The fraction of sp³-hybridized carbons (Fsp3) is 0.375. The van der Waals surface area contributed by atoms with Crippen molar-refractivity contribution in [3.05, 3.63) is 24.5 Å². The molecule has 0 spiro atoms. The lowest BCUT2D eigenvalue weighted by Crippen LogP contribution is -2.25. The van der Waals surface area contributed by atoms with Crippen LogP contribution in [0.25, 0.3) is 0 Å². The Hall–Kier alpha value is -1.09. The van der Waals surface area contributed by atoms with Crippen LogP contribution in [0, 0.1) is 0 Å². The first-order valence-corrected chi connectivity index (χ1v) is 3.68. The van der Waals surface area contributed by atoms with Gasteiger partial charge < -0.3 is 11.1 Å². The molecule has 1 heterocycles. The highest BCUT2D eigenvalue weighted by Gasteiger charge is 1.92. The van der Waals surface area contributed by atoms with Crippen molar-refractivity contribution >= 4 is 5.69 Å². The quantitative estimate of drug-likeness (QED) is 0.673. The predicted octanol–water partition coefficient (Wildman–Crippen LogP) is 0.841. The van der Waals surface area contributed by atoms with Crippen LogP contribution >= 0.6 is 0 Å². The number of pyridine rings is 1. The number of hydrogen-bond donors (Lipinski definition) is 2. The summed E-state index contributed by atoms with van der Waals surface area (Å²) in [6.07, 6.45) is 3.51. The molecule has 3 nitrogen and oxygen atoms in total. The predicted molar refractivity (Wildman–Crippen MR) is 46.4 cm³/mol. The molecule has 0 aliphatic carbocycles. The fourth-order valence-electron chi connectivity index (χ4n) is 0.749. The minimum atomic E-state index is 0.183. The Labute approximate surface area is 66.6 Å². The van der Waals surface area contributed by atoms with Crippen LogP contribution in [0.5, 0.6) is 0 Å². The van der Waals surface area contributed by atoms with Gasteiger partial charge in [-0.3, -0.25) is 4.98 Å². The van der Waals surface area contributed by atoms with Gasteiger partial charge in [0.2, 0.25) is 0 Å². The second kappa shape index (κ2) is 3.93. The number of anilines is 1. The molecule has 0 fully saturated rings. The molecule has 0 aliphatic heterocycles. The minimum absolute atomic E-state index is 0.183. The molecule has 0 saturated heterocycles. The Bertz CT molecular complexity index is 196. The Morgan fingerprint density at radius 3 is 2.73 bits per heavy atom. The average Bonchev–Trinajstić information content (AvgIpc) is 2.03. The Balaban J connectivity index is 2.39. The Morgan fingerprint density at radius 2 is 2.18 bits per heavy atom. The summed E-state index contributed by atoms with van der Waals surface area (Å²) in [6, 6.07) is 4.02. The van der Waals surface area contributed by atoms with Gasteiger partial charge in [-0.15, -0.1) is 0 Å². The van der Waals surface area contributed by atoms with Crippen molar-refractivity contribution < 1.29 is 0 Å². The van der Waals surface area contributed by atoms with Gasteiger partial charge in [-0.05, 0) is 19.1 Å². The maximum absolute atomic E-state index is 5.56. The molecule has 1 atom stereocenters. The van der Waals surface area contributed by atoms with Gasteiger partial charge in [-0.2, -0.15) is 0 Å². The molecule has 0 unspecified atom stereocenters. The van der Waals surface area contributed by atoms with Crippen molar-refractivity contribution in [1.29, 1.82) is 0 Å². The Morgan fingerprint density at radius 1 is 1.55 bits per heavy atom. The summed E-state index contributed by atoms with van der Waals surface area (Å²) in [6.45, 7) is 2.76. The second-order valence-corrected chi connectivity index (χ2v) is 2.59. The van der Waals surface area contributed by atoms with Crippen molar-refractivity contribution in [2.24, 2.45) is 5.73 Å². The third-order valence-electron chi connectivity index (χ3n) is 1.31. The maximum atomic E-state index is 5.56. The molecule has 1 aromatic rings. The summed E-state index contributed by atoms with van der Waals surface area (Å²) in [5, 5.41) is 3.18. The van der Waals surface area contributed by atoms with Gasteiger partial charge in [0.1, 0.15) is 0 Å². The van der Waals surface area contributed by atoms with Gasteiger partial charge in [-0.25, -0.2) is 0 Å². The molecule has 3 N–H and O–H groups in total. The van der Waals surface area contributed by atoms with E-state index in [0.717, 1.165) is 12.2 Å². The average molecular weight is 151 g/mol. The van der Waals surface area contributed by atoms with E-state index in [0.29, 0.717) is 0 Å². The first kappa shape index (κ1) is 8.01. The van der Waals surface area contributed by atoms with E-state index in [4.69, 9.17) is 5.73 Å². The van der Waals surface area contributed by atoms with Crippen molar-refractivity contribution in [2.75, 3.05) is 11.9 Å². The molecule has 60 valence electrons. The number of aromatic nitrogens is 1. The van der Waals surface area contributed by atoms with E-state index in [1.54, 1.807) is 12.4 Å². The van der Waals surface area contributed by atoms with Gasteiger partial charge in [-0.1, -0.05) is 0 Å². The van der Waals surface area contributed by atoms with Crippen LogP contribution in [0.4, 0.5) is 5.69 Å². The van der Waals surface area contributed by atoms with Crippen LogP contribution < -0.4 is 11.1 Å². The van der Waals surface area contributed by atoms with Crippen LogP contribution in [0.2, 0.25) is 0 Å². The van der Waals surface area contributed by atoms with Crippen molar-refractivity contribution in [2.45, 2.75) is 13.0 Å². The van der Waals surface area contributed by atoms with Gasteiger partial charge in [0.15, 0.2) is 0 Å². The molecule has 0 aliphatic rings. The standard InChI is InChI=1S/C8H13N3/c1-7(9)6-11-8-2-4-10-5-3-8/h2-5,7H,6,9H2,1H3,(H,10,11)/t7-/m0/s1. The van der Waals surface area contributed by atoms with E-state index in [1.165, 1.54) is 0 Å². The molecule has 0 bridgehead atoms. The largest absolute Gasteiger partial charge is 0.383 e. The summed E-state index contributed by atoms with van der Waals surface area (Å²) in [5.41, 5.74) is 6.63. The molecule has 0 radical (unpaired) electrons. The van der Waals surface area contributed by atoms with Gasteiger partial charge in [0, 0.05) is 30.7 Å². The van der Waals surface area contributed by atoms with Crippen LogP contribution in [0.1, 0.15) is 6.92 Å². The van der Waals surface area contributed by atoms with Crippen LogP contribution in [-0.2, 0) is 0 Å². The van der Waals surface area contributed by atoms with E-state index < -0.39 is 0 Å². The smallest absolute Gasteiger partial charge is 0.0371 e. The molecule has 0 aromatic carbocycles. The number of nitrogens with one attached hydrogen (secondary N) is 1. The van der Waals surface area contributed by atoms with Crippen molar-refractivity contribution in [3.63, 3.8) is 0 Å². The topological polar surface area (TPSA) is 50.9 Å². The van der Waals surface area contributed by atoms with Crippen molar-refractivity contribution in [1.82, 2.24) is 4.98 Å². The monoisotopic (exact) mass is 151 g/mol. The highest BCUT2D eigenvalue weighted by Crippen LogP contribution is 2.01. The van der Waals surface area contributed by atoms with Gasteiger partial charge in [0.25, 0.3) is 0 Å². The van der Waals surface area contributed by atoms with Gasteiger partial charge in [0.05, 0.1) is 0 Å². The Kier molecular flexibility index (Phi) is 2.86. The fourth-order valence-corrected chi connectivity index (χ4v) is 0.749. The minimum Gasteiger partial charge on any atom is -0.383 e. The normalized spacial score (nSPS) is 12.5. The zero-order chi connectivity index (χ0) is 8.10. The highest BCUT2D eigenvalue weighted by atomic mass is 14.9. The first-order chi connectivity index (χ1) is 5.29. The molecule has 0 amide bonds. The zero-order valence-corrected chi connectivity index (χ0v) is 6.62. The number of nitrogens with two attached hydrogens (primary N) is 1. The SMILES string of the molecule is C[C@H](N)CNc1ccncc1. The van der Waals surface area contributed by atoms with E-state index in [-0.39, 0.29) is 6.04 Å². The summed E-state index contributed by atoms with van der Waals surface area (Å²) < 4.78 is 0. The summed E-state index contributed by atoms with van der Waals surface area (Å²) in [4.78, 5) is 3.90. The third-order valence-corrected chi connectivity index (χ3v) is 1.31. The molecule has 1 rings (SSSR count). The molecule has 1 aromatic heterocycles. The molecule has 11 heavy (non-hydrogen) atoms. The molecule has 3 heteroatoms. The van der Waals surface area contributed by atoms with Crippen LogP contribution in [0.3, 0.4) is 0 Å². The van der Waals surface area contributed by atoms with E-state index in [1.807, 2.05) is 19.1 Å². The van der Waals surface area contributed by atoms with Crippen LogP contribution in [-0.4, -0.2) is 17.6 Å². The third kappa shape index (κ3) is 3.00. The molecular weight excluding hydrogens is 138 g/mol. The summed E-state index contributed by atoms with van der Waals surface area (Å²) >= 11 is 0. The highest BCUT2D eigenvalue weighted by molar-refractivity contribution is 5.40. The summed E-state index contributed by atoms with van der Waals surface area (Å²) in [5.74, 6) is 0. The maximum Gasteiger partial charge on any atom is 0.0371 e. The zero-order valence-electron chi connectivity index (χ0n) is 6.62. The second-order valence-electron chi connectivity index (χ2n) is 2.59. The molecule has 0 saturated carbocycles. The number of hydrogen-bond acceptors (Lipinski definition) is 3. The van der Waals surface area contributed by atoms with Crippen LogP contribution in [0.15, 0.2) is 24.5 Å². The lowest BCUT2D eigenvalue weighted by Gasteiger charge is -2.07. The number of nitrogens with zero attached hydrogens (tertiary/aromatic N) is 1.